The Morgan fingerprint density at radius 1 is 1.30 bits per heavy atom. The number of benzene rings is 1. The summed E-state index contributed by atoms with van der Waals surface area (Å²) in [6.45, 7) is 4.05. The van der Waals surface area contributed by atoms with E-state index in [1.54, 1.807) is 0 Å². The van der Waals surface area contributed by atoms with Crippen LogP contribution in [0.3, 0.4) is 0 Å². The highest BCUT2D eigenvalue weighted by molar-refractivity contribution is 14.0. The third-order valence-corrected chi connectivity index (χ3v) is 5.47. The molecule has 0 radical (unpaired) electrons. The lowest BCUT2D eigenvalue weighted by Gasteiger charge is -2.25. The number of hydrogen-bond donors (Lipinski definition) is 1. The van der Waals surface area contributed by atoms with Gasteiger partial charge in [-0.25, -0.2) is 0 Å². The summed E-state index contributed by atoms with van der Waals surface area (Å²) in [5.74, 6) is 1.72. The molecular weight excluding hydrogens is 401 g/mol. The summed E-state index contributed by atoms with van der Waals surface area (Å²) in [7, 11) is 1.90. The minimum Gasteiger partial charge on any atom is -0.381 e. The zero-order chi connectivity index (χ0) is 15.0. The van der Waals surface area contributed by atoms with Crippen molar-refractivity contribution < 1.29 is 4.74 Å². The van der Waals surface area contributed by atoms with Gasteiger partial charge in [0.25, 0.3) is 0 Å². The van der Waals surface area contributed by atoms with E-state index in [1.807, 2.05) is 7.05 Å². The Morgan fingerprint density at radius 3 is 2.83 bits per heavy atom. The highest BCUT2D eigenvalue weighted by Crippen LogP contribution is 2.42. The van der Waals surface area contributed by atoms with Gasteiger partial charge in [0, 0.05) is 44.1 Å². The fourth-order valence-corrected chi connectivity index (χ4v) is 3.97. The monoisotopic (exact) mass is 427 g/mol. The predicted octanol–water partition coefficient (Wildman–Crippen LogP) is 2.85. The Bertz CT molecular complexity index is 557. The molecule has 1 N–H and O–H groups in total. The van der Waals surface area contributed by atoms with E-state index in [0.717, 1.165) is 32.3 Å². The van der Waals surface area contributed by atoms with Gasteiger partial charge in [0.2, 0.25) is 0 Å². The lowest BCUT2D eigenvalue weighted by molar-refractivity contribution is 0.156. The molecule has 0 bridgehead atoms. The molecule has 5 heteroatoms. The first-order valence-electron chi connectivity index (χ1n) is 8.41. The number of nitrogens with zero attached hydrogens (tertiary/aromatic N) is 2. The van der Waals surface area contributed by atoms with Crippen LogP contribution in [-0.2, 0) is 4.74 Å². The Morgan fingerprint density at radius 2 is 2.13 bits per heavy atom. The molecule has 2 heterocycles. The van der Waals surface area contributed by atoms with Crippen LogP contribution in [0.2, 0.25) is 0 Å². The first-order chi connectivity index (χ1) is 10.8. The summed E-state index contributed by atoms with van der Waals surface area (Å²) in [5, 5.41) is 3.67. The topological polar surface area (TPSA) is 36.9 Å². The van der Waals surface area contributed by atoms with Crippen molar-refractivity contribution in [2.75, 3.05) is 33.4 Å². The van der Waals surface area contributed by atoms with Crippen molar-refractivity contribution in [1.29, 1.82) is 0 Å². The molecule has 0 aromatic heterocycles. The second-order valence-electron chi connectivity index (χ2n) is 7.03. The van der Waals surface area contributed by atoms with Crippen LogP contribution in [0.1, 0.15) is 30.7 Å². The highest BCUT2D eigenvalue weighted by Gasteiger charge is 2.44. The van der Waals surface area contributed by atoms with E-state index in [-0.39, 0.29) is 24.0 Å². The van der Waals surface area contributed by atoms with E-state index in [4.69, 9.17) is 4.74 Å². The maximum absolute atomic E-state index is 5.63. The number of nitrogens with one attached hydrogen (secondary N) is 1. The Balaban J connectivity index is 0.00000156. The summed E-state index contributed by atoms with van der Waals surface area (Å²) in [5.41, 5.74) is 1.83. The lowest BCUT2D eigenvalue weighted by Crippen LogP contribution is -2.42. The molecule has 1 aromatic rings. The normalized spacial score (nSPS) is 32.9. The number of rotatable bonds is 2. The van der Waals surface area contributed by atoms with Gasteiger partial charge in [0.15, 0.2) is 5.96 Å². The summed E-state index contributed by atoms with van der Waals surface area (Å²) in [6.07, 6.45) is 3.65. The molecule has 23 heavy (non-hydrogen) atoms. The number of aliphatic imine (C=N–C) groups is 1. The van der Waals surface area contributed by atoms with Gasteiger partial charge < -0.3 is 15.0 Å². The van der Waals surface area contributed by atoms with Crippen molar-refractivity contribution in [3.05, 3.63) is 35.9 Å². The second-order valence-corrected chi connectivity index (χ2v) is 7.03. The smallest absolute Gasteiger partial charge is 0.193 e. The number of halogens is 1. The fraction of sp³-hybridized carbons (Fsp3) is 0.611. The molecule has 2 saturated heterocycles. The average Bonchev–Trinajstić information content (AvgIpc) is 2.98. The molecule has 3 atom stereocenters. The largest absolute Gasteiger partial charge is 0.381 e. The molecular formula is C18H26IN3O. The molecule has 3 unspecified atom stereocenters. The van der Waals surface area contributed by atoms with Crippen molar-refractivity contribution >= 4 is 29.9 Å². The molecule has 3 fully saturated rings. The van der Waals surface area contributed by atoms with Crippen molar-refractivity contribution in [2.24, 2.45) is 10.4 Å². The third-order valence-electron chi connectivity index (χ3n) is 5.47. The first-order valence-corrected chi connectivity index (χ1v) is 8.41. The van der Waals surface area contributed by atoms with Crippen molar-refractivity contribution in [2.45, 2.75) is 31.2 Å². The van der Waals surface area contributed by atoms with Gasteiger partial charge in [-0.15, -0.1) is 24.0 Å². The molecule has 1 saturated carbocycles. The molecule has 1 aliphatic carbocycles. The SMILES string of the molecule is CN=C(NC1CC1c1ccccc1)N1CCC2(CCOC2)C1.I. The van der Waals surface area contributed by atoms with Crippen LogP contribution in [0.25, 0.3) is 0 Å². The highest BCUT2D eigenvalue weighted by atomic mass is 127. The van der Waals surface area contributed by atoms with Crippen LogP contribution in [0.15, 0.2) is 35.3 Å². The molecule has 4 nitrogen and oxygen atoms in total. The third kappa shape index (κ3) is 3.50. The summed E-state index contributed by atoms with van der Waals surface area (Å²) < 4.78 is 5.63. The number of ether oxygens (including phenoxy) is 1. The van der Waals surface area contributed by atoms with Crippen LogP contribution < -0.4 is 5.32 Å². The summed E-state index contributed by atoms with van der Waals surface area (Å²) in [4.78, 5) is 6.95. The predicted molar refractivity (Wildman–Crippen MR) is 104 cm³/mol. The van der Waals surface area contributed by atoms with E-state index in [2.05, 4.69) is 45.5 Å². The standard InChI is InChI=1S/C18H25N3O.HI/c1-19-17(21-9-7-18(12-21)8-10-22-13-18)20-16-11-15(16)14-5-3-2-4-6-14;/h2-6,15-16H,7-13H2,1H3,(H,19,20);1H. The van der Waals surface area contributed by atoms with Crippen LogP contribution in [-0.4, -0.2) is 50.3 Å². The van der Waals surface area contributed by atoms with Gasteiger partial charge >= 0.3 is 0 Å². The quantitative estimate of drug-likeness (QED) is 0.448. The molecule has 0 amide bonds. The van der Waals surface area contributed by atoms with Crippen molar-refractivity contribution in [3.63, 3.8) is 0 Å². The minimum atomic E-state index is 0. The van der Waals surface area contributed by atoms with Crippen molar-refractivity contribution in [1.82, 2.24) is 10.2 Å². The van der Waals surface area contributed by atoms with Gasteiger partial charge in [0.1, 0.15) is 0 Å². The summed E-state index contributed by atoms with van der Waals surface area (Å²) >= 11 is 0. The zero-order valence-corrected chi connectivity index (χ0v) is 16.0. The number of hydrogen-bond acceptors (Lipinski definition) is 2. The van der Waals surface area contributed by atoms with Crippen LogP contribution in [0, 0.1) is 5.41 Å². The molecule has 4 rings (SSSR count). The van der Waals surface area contributed by atoms with Crippen molar-refractivity contribution in [3.8, 4) is 0 Å². The number of likely N-dealkylation sites (tertiary alicyclic amines) is 1. The van der Waals surface area contributed by atoms with E-state index < -0.39 is 0 Å². The molecule has 1 aromatic carbocycles. The Kier molecular flexibility index (Phi) is 5.16. The second kappa shape index (κ2) is 6.97. The molecule has 2 aliphatic heterocycles. The molecule has 126 valence electrons. The van der Waals surface area contributed by atoms with E-state index in [0.29, 0.717) is 17.4 Å². The minimum absolute atomic E-state index is 0. The van der Waals surface area contributed by atoms with Gasteiger partial charge in [0.05, 0.1) is 6.61 Å². The fourth-order valence-electron chi connectivity index (χ4n) is 3.97. The van der Waals surface area contributed by atoms with E-state index >= 15 is 0 Å². The van der Waals surface area contributed by atoms with Crippen LogP contribution in [0.5, 0.6) is 0 Å². The van der Waals surface area contributed by atoms with E-state index in [9.17, 15) is 0 Å². The summed E-state index contributed by atoms with van der Waals surface area (Å²) in [6, 6.07) is 11.3. The Hall–Kier alpha value is -0.820. The number of guanidine groups is 1. The van der Waals surface area contributed by atoms with E-state index in [1.165, 1.54) is 24.8 Å². The van der Waals surface area contributed by atoms with Crippen LogP contribution in [0.4, 0.5) is 0 Å². The van der Waals surface area contributed by atoms with Gasteiger partial charge in [-0.1, -0.05) is 30.3 Å². The van der Waals surface area contributed by atoms with Gasteiger partial charge in [-0.3, -0.25) is 4.99 Å². The van der Waals surface area contributed by atoms with Crippen LogP contribution >= 0.6 is 24.0 Å². The average molecular weight is 427 g/mol. The maximum Gasteiger partial charge on any atom is 0.193 e. The lowest BCUT2D eigenvalue weighted by atomic mass is 9.87. The van der Waals surface area contributed by atoms with Gasteiger partial charge in [-0.2, -0.15) is 0 Å². The van der Waals surface area contributed by atoms with Gasteiger partial charge in [-0.05, 0) is 24.8 Å². The maximum atomic E-state index is 5.63. The first kappa shape index (κ1) is 17.0. The molecule has 1 spiro atoms. The zero-order valence-electron chi connectivity index (χ0n) is 13.7. The Labute approximate surface area is 155 Å². The molecule has 3 aliphatic rings.